The summed E-state index contributed by atoms with van der Waals surface area (Å²) in [5.74, 6) is 0. The van der Waals surface area contributed by atoms with Gasteiger partial charge in [0, 0.05) is 6.54 Å². The standard InChI is InChI=1S/C16H27N/c1-4-5-6-7-8-13-17(3)14-16-11-9-15(2)10-12-16/h9-12H,4-8,13-14H2,1-3H3. The summed E-state index contributed by atoms with van der Waals surface area (Å²) in [5.41, 5.74) is 2.77. The highest BCUT2D eigenvalue weighted by Crippen LogP contribution is 2.08. The Hall–Kier alpha value is -0.820. The van der Waals surface area contributed by atoms with Gasteiger partial charge in [-0.25, -0.2) is 0 Å². The van der Waals surface area contributed by atoms with Crippen LogP contribution in [0, 0.1) is 6.92 Å². The summed E-state index contributed by atoms with van der Waals surface area (Å²) in [6.07, 6.45) is 6.84. The molecule has 0 atom stereocenters. The molecule has 1 aromatic rings. The zero-order valence-electron chi connectivity index (χ0n) is 11.7. The summed E-state index contributed by atoms with van der Waals surface area (Å²) in [4.78, 5) is 2.43. The number of nitrogens with zero attached hydrogens (tertiary/aromatic N) is 1. The molecular formula is C16H27N. The molecule has 17 heavy (non-hydrogen) atoms. The lowest BCUT2D eigenvalue weighted by molar-refractivity contribution is 0.316. The van der Waals surface area contributed by atoms with E-state index < -0.39 is 0 Å². The van der Waals surface area contributed by atoms with Gasteiger partial charge in [0.05, 0.1) is 0 Å². The lowest BCUT2D eigenvalue weighted by Gasteiger charge is -2.16. The molecule has 0 aliphatic rings. The second kappa shape index (κ2) is 8.30. The van der Waals surface area contributed by atoms with Crippen molar-refractivity contribution in [2.24, 2.45) is 0 Å². The molecule has 0 aliphatic heterocycles. The van der Waals surface area contributed by atoms with Gasteiger partial charge in [0.2, 0.25) is 0 Å². The minimum Gasteiger partial charge on any atom is -0.302 e. The summed E-state index contributed by atoms with van der Waals surface area (Å²) in [6, 6.07) is 8.88. The molecule has 1 nitrogen and oxygen atoms in total. The second-order valence-electron chi connectivity index (χ2n) is 5.14. The predicted molar refractivity (Wildman–Crippen MR) is 76.3 cm³/mol. The van der Waals surface area contributed by atoms with Crippen molar-refractivity contribution in [1.82, 2.24) is 4.90 Å². The molecule has 1 aromatic carbocycles. The minimum atomic E-state index is 1.08. The molecule has 1 heteroatoms. The van der Waals surface area contributed by atoms with E-state index in [2.05, 4.69) is 50.1 Å². The summed E-state index contributed by atoms with van der Waals surface area (Å²) in [6.45, 7) is 6.70. The third kappa shape index (κ3) is 6.48. The van der Waals surface area contributed by atoms with Crippen LogP contribution in [0.25, 0.3) is 0 Å². The van der Waals surface area contributed by atoms with Gasteiger partial charge in [0.1, 0.15) is 0 Å². The number of rotatable bonds is 8. The zero-order valence-corrected chi connectivity index (χ0v) is 11.7. The zero-order chi connectivity index (χ0) is 12.5. The molecule has 0 heterocycles. The van der Waals surface area contributed by atoms with Gasteiger partial charge in [-0.2, -0.15) is 0 Å². The van der Waals surface area contributed by atoms with Crippen molar-refractivity contribution in [2.45, 2.75) is 52.5 Å². The summed E-state index contributed by atoms with van der Waals surface area (Å²) in [5, 5.41) is 0. The van der Waals surface area contributed by atoms with E-state index in [0.717, 1.165) is 6.54 Å². The SMILES string of the molecule is CCCCCCCN(C)Cc1ccc(C)cc1. The van der Waals surface area contributed by atoms with Gasteiger partial charge in [-0.1, -0.05) is 62.4 Å². The fourth-order valence-electron chi connectivity index (χ4n) is 2.07. The Morgan fingerprint density at radius 1 is 0.941 bits per heavy atom. The molecule has 0 saturated heterocycles. The number of aryl methyl sites for hydroxylation is 1. The van der Waals surface area contributed by atoms with Crippen molar-refractivity contribution >= 4 is 0 Å². The van der Waals surface area contributed by atoms with Gasteiger partial charge in [-0.3, -0.25) is 0 Å². The van der Waals surface area contributed by atoms with Gasteiger partial charge < -0.3 is 4.90 Å². The molecule has 96 valence electrons. The highest BCUT2D eigenvalue weighted by molar-refractivity contribution is 5.21. The molecule has 0 amide bonds. The minimum absolute atomic E-state index is 1.08. The quantitative estimate of drug-likeness (QED) is 0.602. The van der Waals surface area contributed by atoms with E-state index in [1.54, 1.807) is 0 Å². The molecule has 0 N–H and O–H groups in total. The van der Waals surface area contributed by atoms with Crippen LogP contribution in [0.1, 0.15) is 50.2 Å². The molecule has 0 aliphatic carbocycles. The predicted octanol–water partition coefficient (Wildman–Crippen LogP) is 4.40. The highest BCUT2D eigenvalue weighted by atomic mass is 15.1. The first-order valence-electron chi connectivity index (χ1n) is 6.96. The van der Waals surface area contributed by atoms with Gasteiger partial charge in [-0.05, 0) is 32.5 Å². The van der Waals surface area contributed by atoms with Crippen LogP contribution in [-0.2, 0) is 6.54 Å². The lowest BCUT2D eigenvalue weighted by atomic mass is 10.1. The first kappa shape index (κ1) is 14.2. The maximum Gasteiger partial charge on any atom is 0.0230 e. The third-order valence-corrected chi connectivity index (χ3v) is 3.22. The molecule has 0 unspecified atom stereocenters. The normalized spacial score (nSPS) is 11.1. The molecule has 1 rings (SSSR count). The fourth-order valence-corrected chi connectivity index (χ4v) is 2.07. The first-order chi connectivity index (χ1) is 8.22. The number of unbranched alkanes of at least 4 members (excludes halogenated alkanes) is 4. The van der Waals surface area contributed by atoms with E-state index in [1.807, 2.05) is 0 Å². The molecule has 0 radical (unpaired) electrons. The number of hydrogen-bond acceptors (Lipinski definition) is 1. The van der Waals surface area contributed by atoms with Crippen LogP contribution >= 0.6 is 0 Å². The number of benzene rings is 1. The molecule has 0 fully saturated rings. The van der Waals surface area contributed by atoms with Crippen LogP contribution in [0.4, 0.5) is 0 Å². The van der Waals surface area contributed by atoms with Gasteiger partial charge in [0.15, 0.2) is 0 Å². The monoisotopic (exact) mass is 233 g/mol. The lowest BCUT2D eigenvalue weighted by Crippen LogP contribution is -2.19. The molecule has 0 spiro atoms. The number of hydrogen-bond donors (Lipinski definition) is 0. The van der Waals surface area contributed by atoms with E-state index in [4.69, 9.17) is 0 Å². The molecular weight excluding hydrogens is 206 g/mol. The van der Waals surface area contributed by atoms with Crippen molar-refractivity contribution in [1.29, 1.82) is 0 Å². The smallest absolute Gasteiger partial charge is 0.0230 e. The van der Waals surface area contributed by atoms with E-state index >= 15 is 0 Å². The summed E-state index contributed by atoms with van der Waals surface area (Å²) < 4.78 is 0. The maximum atomic E-state index is 2.43. The Balaban J connectivity index is 2.16. The maximum absolute atomic E-state index is 2.43. The van der Waals surface area contributed by atoms with Gasteiger partial charge in [-0.15, -0.1) is 0 Å². The third-order valence-electron chi connectivity index (χ3n) is 3.22. The van der Waals surface area contributed by atoms with E-state index in [-0.39, 0.29) is 0 Å². The fraction of sp³-hybridized carbons (Fsp3) is 0.625. The van der Waals surface area contributed by atoms with E-state index in [1.165, 1.54) is 49.8 Å². The average Bonchev–Trinajstić information content (AvgIpc) is 2.32. The second-order valence-corrected chi connectivity index (χ2v) is 5.14. The van der Waals surface area contributed by atoms with Crippen molar-refractivity contribution in [3.63, 3.8) is 0 Å². The van der Waals surface area contributed by atoms with E-state index in [9.17, 15) is 0 Å². The summed E-state index contributed by atoms with van der Waals surface area (Å²) in [7, 11) is 2.22. The van der Waals surface area contributed by atoms with Crippen LogP contribution in [0.5, 0.6) is 0 Å². The van der Waals surface area contributed by atoms with Gasteiger partial charge in [0.25, 0.3) is 0 Å². The van der Waals surface area contributed by atoms with Crippen LogP contribution in [0.3, 0.4) is 0 Å². The highest BCUT2D eigenvalue weighted by Gasteiger charge is 1.99. The van der Waals surface area contributed by atoms with Crippen molar-refractivity contribution in [2.75, 3.05) is 13.6 Å². The molecule has 0 aromatic heterocycles. The van der Waals surface area contributed by atoms with Crippen molar-refractivity contribution < 1.29 is 0 Å². The molecule has 0 saturated carbocycles. The topological polar surface area (TPSA) is 3.24 Å². The Morgan fingerprint density at radius 3 is 2.24 bits per heavy atom. The first-order valence-corrected chi connectivity index (χ1v) is 6.96. The van der Waals surface area contributed by atoms with Crippen LogP contribution < -0.4 is 0 Å². The Kier molecular flexibility index (Phi) is 6.95. The Labute approximate surface area is 107 Å². The van der Waals surface area contributed by atoms with Crippen molar-refractivity contribution in [3.8, 4) is 0 Å². The Morgan fingerprint density at radius 2 is 1.59 bits per heavy atom. The van der Waals surface area contributed by atoms with Crippen molar-refractivity contribution in [3.05, 3.63) is 35.4 Å². The molecule has 0 bridgehead atoms. The van der Waals surface area contributed by atoms with Crippen LogP contribution in [0.15, 0.2) is 24.3 Å². The van der Waals surface area contributed by atoms with E-state index in [0.29, 0.717) is 0 Å². The Bertz CT molecular complexity index is 289. The van der Waals surface area contributed by atoms with Crippen LogP contribution in [-0.4, -0.2) is 18.5 Å². The average molecular weight is 233 g/mol. The van der Waals surface area contributed by atoms with Crippen LogP contribution in [0.2, 0.25) is 0 Å². The largest absolute Gasteiger partial charge is 0.302 e. The summed E-state index contributed by atoms with van der Waals surface area (Å²) >= 11 is 0. The van der Waals surface area contributed by atoms with Gasteiger partial charge >= 0.3 is 0 Å².